The highest BCUT2D eigenvalue weighted by molar-refractivity contribution is 9.10. The maximum atomic E-state index is 11.7. The molecule has 1 saturated heterocycles. The van der Waals surface area contributed by atoms with Crippen LogP contribution in [0.25, 0.3) is 0 Å². The molecule has 1 amide bonds. The summed E-state index contributed by atoms with van der Waals surface area (Å²) in [7, 11) is 0. The molecule has 1 aromatic rings. The monoisotopic (exact) mass is 312 g/mol. The number of piperazine rings is 1. The number of rotatable bonds is 2. The standard InChI is InChI=1S/C12H17BrN4O/c1-7(2)11-15-9(13)6-10(16-11)17-5-4-14-12(18)8(17)3/h6-8H,4-5H2,1-3H3,(H,14,18). The Balaban J connectivity index is 2.35. The molecule has 2 heterocycles. The van der Waals surface area contributed by atoms with Crippen LogP contribution in [0.3, 0.4) is 0 Å². The van der Waals surface area contributed by atoms with E-state index in [2.05, 4.69) is 45.1 Å². The maximum Gasteiger partial charge on any atom is 0.242 e. The van der Waals surface area contributed by atoms with E-state index in [1.165, 1.54) is 0 Å². The van der Waals surface area contributed by atoms with Gasteiger partial charge in [-0.1, -0.05) is 13.8 Å². The summed E-state index contributed by atoms with van der Waals surface area (Å²) in [6.45, 7) is 7.42. The van der Waals surface area contributed by atoms with E-state index >= 15 is 0 Å². The molecule has 1 aliphatic rings. The van der Waals surface area contributed by atoms with E-state index in [0.717, 1.165) is 22.8 Å². The fourth-order valence-corrected chi connectivity index (χ4v) is 2.31. The van der Waals surface area contributed by atoms with Crippen molar-refractivity contribution < 1.29 is 4.79 Å². The van der Waals surface area contributed by atoms with Crippen molar-refractivity contribution >= 4 is 27.7 Å². The Morgan fingerprint density at radius 2 is 2.22 bits per heavy atom. The van der Waals surface area contributed by atoms with Crippen molar-refractivity contribution in [3.63, 3.8) is 0 Å². The van der Waals surface area contributed by atoms with Gasteiger partial charge >= 0.3 is 0 Å². The summed E-state index contributed by atoms with van der Waals surface area (Å²) in [5.74, 6) is 1.90. The Morgan fingerprint density at radius 1 is 1.50 bits per heavy atom. The first-order chi connectivity index (χ1) is 8.49. The molecule has 1 aromatic heterocycles. The van der Waals surface area contributed by atoms with Crippen molar-refractivity contribution in [3.8, 4) is 0 Å². The zero-order valence-corrected chi connectivity index (χ0v) is 12.4. The van der Waals surface area contributed by atoms with Crippen LogP contribution < -0.4 is 10.2 Å². The summed E-state index contributed by atoms with van der Waals surface area (Å²) in [5.41, 5.74) is 0. The van der Waals surface area contributed by atoms with E-state index < -0.39 is 0 Å². The van der Waals surface area contributed by atoms with Crippen LogP contribution in [0.15, 0.2) is 10.7 Å². The fourth-order valence-electron chi connectivity index (χ4n) is 1.92. The van der Waals surface area contributed by atoms with Crippen LogP contribution in [-0.4, -0.2) is 35.0 Å². The quantitative estimate of drug-likeness (QED) is 0.844. The number of aromatic nitrogens is 2. The van der Waals surface area contributed by atoms with E-state index in [4.69, 9.17) is 0 Å². The van der Waals surface area contributed by atoms with Gasteiger partial charge in [0.1, 0.15) is 22.3 Å². The summed E-state index contributed by atoms with van der Waals surface area (Å²) < 4.78 is 0.759. The van der Waals surface area contributed by atoms with Gasteiger partial charge in [0.2, 0.25) is 5.91 Å². The van der Waals surface area contributed by atoms with Gasteiger partial charge in [0.05, 0.1) is 0 Å². The average molecular weight is 313 g/mol. The molecular formula is C12H17BrN4O. The minimum absolute atomic E-state index is 0.0436. The first-order valence-corrected chi connectivity index (χ1v) is 6.87. The molecule has 0 aliphatic carbocycles. The van der Waals surface area contributed by atoms with Gasteiger partial charge in [0.25, 0.3) is 0 Å². The molecule has 2 rings (SSSR count). The molecular weight excluding hydrogens is 296 g/mol. The summed E-state index contributed by atoms with van der Waals surface area (Å²) in [4.78, 5) is 22.6. The lowest BCUT2D eigenvalue weighted by Crippen LogP contribution is -2.54. The van der Waals surface area contributed by atoms with E-state index in [9.17, 15) is 4.79 Å². The molecule has 0 bridgehead atoms. The molecule has 1 unspecified atom stereocenters. The molecule has 18 heavy (non-hydrogen) atoms. The van der Waals surface area contributed by atoms with Gasteiger partial charge < -0.3 is 10.2 Å². The molecule has 0 saturated carbocycles. The lowest BCUT2D eigenvalue weighted by Gasteiger charge is -2.34. The van der Waals surface area contributed by atoms with Crippen molar-refractivity contribution in [2.45, 2.75) is 32.7 Å². The van der Waals surface area contributed by atoms with E-state index in [1.807, 2.05) is 17.9 Å². The second kappa shape index (κ2) is 5.22. The number of hydrogen-bond donors (Lipinski definition) is 1. The zero-order chi connectivity index (χ0) is 13.3. The lowest BCUT2D eigenvalue weighted by atomic mass is 10.2. The predicted molar refractivity (Wildman–Crippen MR) is 73.6 cm³/mol. The van der Waals surface area contributed by atoms with E-state index in [0.29, 0.717) is 6.54 Å². The number of nitrogens with zero attached hydrogens (tertiary/aromatic N) is 3. The highest BCUT2D eigenvalue weighted by atomic mass is 79.9. The first kappa shape index (κ1) is 13.3. The third-order valence-corrected chi connectivity index (χ3v) is 3.41. The molecule has 1 N–H and O–H groups in total. The molecule has 0 aromatic carbocycles. The normalized spacial score (nSPS) is 20.2. The molecule has 1 atom stereocenters. The van der Waals surface area contributed by atoms with Gasteiger partial charge in [-0.25, -0.2) is 9.97 Å². The Morgan fingerprint density at radius 3 is 2.89 bits per heavy atom. The second-order valence-corrected chi connectivity index (χ2v) is 5.53. The van der Waals surface area contributed by atoms with Crippen LogP contribution in [0.2, 0.25) is 0 Å². The first-order valence-electron chi connectivity index (χ1n) is 6.08. The number of amides is 1. The molecule has 5 nitrogen and oxygen atoms in total. The molecule has 1 fully saturated rings. The van der Waals surface area contributed by atoms with Gasteiger partial charge in [-0.3, -0.25) is 4.79 Å². The molecule has 98 valence electrons. The lowest BCUT2D eigenvalue weighted by molar-refractivity contribution is -0.122. The predicted octanol–water partition coefficient (Wildman–Crippen LogP) is 1.69. The summed E-state index contributed by atoms with van der Waals surface area (Å²) in [6, 6.07) is 1.67. The molecule has 6 heteroatoms. The van der Waals surface area contributed by atoms with Crippen molar-refractivity contribution in [3.05, 3.63) is 16.5 Å². The van der Waals surface area contributed by atoms with Gasteiger partial charge in [-0.2, -0.15) is 0 Å². The topological polar surface area (TPSA) is 58.1 Å². The number of carbonyl (C=O) groups is 1. The minimum Gasteiger partial charge on any atom is -0.353 e. The number of nitrogens with one attached hydrogen (secondary N) is 1. The molecule has 0 spiro atoms. The van der Waals surface area contributed by atoms with Crippen LogP contribution >= 0.6 is 15.9 Å². The van der Waals surface area contributed by atoms with Crippen molar-refractivity contribution in [1.82, 2.24) is 15.3 Å². The van der Waals surface area contributed by atoms with Crippen LogP contribution in [-0.2, 0) is 4.79 Å². The number of anilines is 1. The summed E-state index contributed by atoms with van der Waals surface area (Å²) >= 11 is 3.40. The highest BCUT2D eigenvalue weighted by Crippen LogP contribution is 2.22. The van der Waals surface area contributed by atoms with Crippen molar-refractivity contribution in [2.75, 3.05) is 18.0 Å². The van der Waals surface area contributed by atoms with Gasteiger partial charge in [-0.15, -0.1) is 0 Å². The summed E-state index contributed by atoms with van der Waals surface area (Å²) in [6.07, 6.45) is 0. The SMILES string of the molecule is CC(C)c1nc(Br)cc(N2CCNC(=O)C2C)n1. The summed E-state index contributed by atoms with van der Waals surface area (Å²) in [5, 5.41) is 2.85. The van der Waals surface area contributed by atoms with Crippen LogP contribution in [0, 0.1) is 0 Å². The van der Waals surface area contributed by atoms with Crippen LogP contribution in [0.4, 0.5) is 5.82 Å². The Kier molecular flexibility index (Phi) is 3.85. The number of carbonyl (C=O) groups excluding carboxylic acids is 1. The third-order valence-electron chi connectivity index (χ3n) is 3.01. The van der Waals surface area contributed by atoms with E-state index in [-0.39, 0.29) is 17.9 Å². The second-order valence-electron chi connectivity index (χ2n) is 4.72. The Hall–Kier alpha value is -1.17. The van der Waals surface area contributed by atoms with E-state index in [1.54, 1.807) is 0 Å². The molecule has 1 aliphatic heterocycles. The highest BCUT2D eigenvalue weighted by Gasteiger charge is 2.27. The smallest absolute Gasteiger partial charge is 0.242 e. The molecule has 0 radical (unpaired) electrons. The van der Waals surface area contributed by atoms with Gasteiger partial charge in [0.15, 0.2) is 0 Å². The van der Waals surface area contributed by atoms with Gasteiger partial charge in [0, 0.05) is 25.1 Å². The van der Waals surface area contributed by atoms with Crippen LogP contribution in [0.1, 0.15) is 32.5 Å². The zero-order valence-electron chi connectivity index (χ0n) is 10.8. The third kappa shape index (κ3) is 2.63. The Bertz CT molecular complexity index is 463. The number of halogens is 1. The Labute approximate surface area is 115 Å². The van der Waals surface area contributed by atoms with Gasteiger partial charge in [-0.05, 0) is 22.9 Å². The average Bonchev–Trinajstić information content (AvgIpc) is 2.31. The van der Waals surface area contributed by atoms with Crippen molar-refractivity contribution in [1.29, 1.82) is 0 Å². The minimum atomic E-state index is -0.194. The van der Waals surface area contributed by atoms with Crippen molar-refractivity contribution in [2.24, 2.45) is 0 Å². The number of hydrogen-bond acceptors (Lipinski definition) is 4. The van der Waals surface area contributed by atoms with Crippen LogP contribution in [0.5, 0.6) is 0 Å². The maximum absolute atomic E-state index is 11.7. The largest absolute Gasteiger partial charge is 0.353 e. The fraction of sp³-hybridized carbons (Fsp3) is 0.583.